The Morgan fingerprint density at radius 2 is 1.68 bits per heavy atom. The Hall–Kier alpha value is -1.84. The zero-order valence-electron chi connectivity index (χ0n) is 17.3. The summed E-state index contributed by atoms with van der Waals surface area (Å²) >= 11 is 12.0. The third kappa shape index (κ3) is 6.82. The maximum atomic E-state index is 12.6. The van der Waals surface area contributed by atoms with E-state index < -0.39 is 10.0 Å². The molecule has 2 atom stereocenters. The van der Waals surface area contributed by atoms with E-state index in [1.807, 2.05) is 13.8 Å². The topological polar surface area (TPSA) is 87.7 Å². The molecule has 0 aromatic heterocycles. The van der Waals surface area contributed by atoms with E-state index in [2.05, 4.69) is 14.9 Å². The number of carbonyl (C=O) groups is 1. The van der Waals surface area contributed by atoms with E-state index in [0.29, 0.717) is 29.4 Å². The van der Waals surface area contributed by atoms with Gasteiger partial charge in [-0.15, -0.1) is 0 Å². The summed E-state index contributed by atoms with van der Waals surface area (Å²) in [6.07, 6.45) is 0.595. The summed E-state index contributed by atoms with van der Waals surface area (Å²) in [5.41, 5.74) is 0.800. The first-order valence-electron chi connectivity index (χ1n) is 9.88. The monoisotopic (exact) mass is 485 g/mol. The van der Waals surface area contributed by atoms with Crippen LogP contribution in [0.25, 0.3) is 0 Å². The van der Waals surface area contributed by atoms with Crippen LogP contribution in [-0.4, -0.2) is 51.1 Å². The van der Waals surface area contributed by atoms with Crippen LogP contribution in [0, 0.1) is 0 Å². The van der Waals surface area contributed by atoms with Gasteiger partial charge in [0, 0.05) is 42.5 Å². The SMILES string of the molecule is CC1CN(CCC(=O)Nc2ccc(S(=O)(=O)Nc3ccc(Cl)cc3)c(Cl)c2)CC(C)O1. The van der Waals surface area contributed by atoms with Crippen molar-refractivity contribution in [2.45, 2.75) is 37.4 Å². The Labute approximate surface area is 192 Å². The minimum Gasteiger partial charge on any atom is -0.373 e. The molecular weight excluding hydrogens is 461 g/mol. The van der Waals surface area contributed by atoms with Gasteiger partial charge in [0.1, 0.15) is 4.90 Å². The van der Waals surface area contributed by atoms with E-state index in [1.54, 1.807) is 24.3 Å². The maximum absolute atomic E-state index is 12.6. The number of benzene rings is 2. The number of anilines is 2. The van der Waals surface area contributed by atoms with Crippen LogP contribution >= 0.6 is 23.2 Å². The summed E-state index contributed by atoms with van der Waals surface area (Å²) in [5, 5.41) is 3.28. The molecule has 0 radical (unpaired) electrons. The minimum atomic E-state index is -3.89. The van der Waals surface area contributed by atoms with Crippen LogP contribution in [0.3, 0.4) is 0 Å². The molecule has 1 aliphatic rings. The van der Waals surface area contributed by atoms with Gasteiger partial charge < -0.3 is 10.1 Å². The Kier molecular flexibility index (Phi) is 7.82. The molecule has 1 saturated heterocycles. The lowest BCUT2D eigenvalue weighted by Crippen LogP contribution is -2.46. The number of halogens is 2. The molecule has 10 heteroatoms. The zero-order chi connectivity index (χ0) is 22.6. The van der Waals surface area contributed by atoms with Gasteiger partial charge in [-0.1, -0.05) is 23.2 Å². The van der Waals surface area contributed by atoms with Crippen LogP contribution in [0.5, 0.6) is 0 Å². The average molecular weight is 486 g/mol. The lowest BCUT2D eigenvalue weighted by molar-refractivity contribution is -0.117. The van der Waals surface area contributed by atoms with Crippen molar-refractivity contribution in [1.82, 2.24) is 4.90 Å². The van der Waals surface area contributed by atoms with Crippen molar-refractivity contribution in [3.63, 3.8) is 0 Å². The van der Waals surface area contributed by atoms with Gasteiger partial charge in [0.05, 0.1) is 17.2 Å². The highest BCUT2D eigenvalue weighted by Gasteiger charge is 2.23. The van der Waals surface area contributed by atoms with Gasteiger partial charge in [-0.2, -0.15) is 0 Å². The molecule has 7 nitrogen and oxygen atoms in total. The van der Waals surface area contributed by atoms with Gasteiger partial charge in [-0.05, 0) is 56.3 Å². The molecule has 0 aliphatic carbocycles. The number of nitrogens with one attached hydrogen (secondary N) is 2. The van der Waals surface area contributed by atoms with Gasteiger partial charge >= 0.3 is 0 Å². The first-order chi connectivity index (χ1) is 14.6. The van der Waals surface area contributed by atoms with Crippen molar-refractivity contribution in [2.75, 3.05) is 29.7 Å². The molecule has 2 aromatic carbocycles. The van der Waals surface area contributed by atoms with E-state index >= 15 is 0 Å². The smallest absolute Gasteiger partial charge is 0.263 e. The van der Waals surface area contributed by atoms with E-state index in [-0.39, 0.29) is 28.0 Å². The molecule has 0 saturated carbocycles. The highest BCUT2D eigenvalue weighted by molar-refractivity contribution is 7.92. The first kappa shape index (κ1) is 23.8. The normalized spacial score (nSPS) is 19.7. The van der Waals surface area contributed by atoms with Crippen molar-refractivity contribution in [1.29, 1.82) is 0 Å². The van der Waals surface area contributed by atoms with Gasteiger partial charge in [0.15, 0.2) is 0 Å². The predicted molar refractivity (Wildman–Crippen MR) is 123 cm³/mol. The lowest BCUT2D eigenvalue weighted by atomic mass is 10.2. The predicted octanol–water partition coefficient (Wildman–Crippen LogP) is 4.23. The van der Waals surface area contributed by atoms with Crippen LogP contribution in [0.4, 0.5) is 11.4 Å². The number of carbonyl (C=O) groups excluding carboxylic acids is 1. The number of morpholine rings is 1. The molecule has 1 fully saturated rings. The fraction of sp³-hybridized carbons (Fsp3) is 0.381. The number of sulfonamides is 1. The molecule has 2 unspecified atom stereocenters. The highest BCUT2D eigenvalue weighted by Crippen LogP contribution is 2.27. The second-order valence-electron chi connectivity index (χ2n) is 7.57. The van der Waals surface area contributed by atoms with Gasteiger partial charge in [0.2, 0.25) is 5.91 Å². The molecule has 0 spiro atoms. The quantitative estimate of drug-likeness (QED) is 0.612. The fourth-order valence-corrected chi connectivity index (χ4v) is 5.21. The standard InChI is InChI=1S/C21H25Cl2N3O4S/c1-14-12-26(13-15(2)30-14)10-9-21(27)24-18-7-8-20(19(23)11-18)31(28,29)25-17-5-3-16(22)4-6-17/h3-8,11,14-15,25H,9-10,12-13H2,1-2H3,(H,24,27). The van der Waals surface area contributed by atoms with Crippen LogP contribution in [-0.2, 0) is 19.6 Å². The lowest BCUT2D eigenvalue weighted by Gasteiger charge is -2.35. The third-order valence-corrected chi connectivity index (χ3v) is 6.87. The van der Waals surface area contributed by atoms with E-state index in [9.17, 15) is 13.2 Å². The van der Waals surface area contributed by atoms with Crippen molar-refractivity contribution < 1.29 is 17.9 Å². The number of amides is 1. The summed E-state index contributed by atoms with van der Waals surface area (Å²) in [5.74, 6) is -0.169. The number of hydrogen-bond donors (Lipinski definition) is 2. The van der Waals surface area contributed by atoms with Crippen molar-refractivity contribution >= 4 is 50.5 Å². The molecule has 31 heavy (non-hydrogen) atoms. The minimum absolute atomic E-state index is 0.00934. The first-order valence-corrected chi connectivity index (χ1v) is 12.1. The van der Waals surface area contributed by atoms with Gasteiger partial charge in [-0.3, -0.25) is 14.4 Å². The van der Waals surface area contributed by atoms with E-state index in [4.69, 9.17) is 27.9 Å². The number of rotatable bonds is 7. The Bertz CT molecular complexity index is 1020. The molecule has 1 amide bonds. The average Bonchev–Trinajstić information content (AvgIpc) is 2.67. The van der Waals surface area contributed by atoms with Gasteiger partial charge in [0.25, 0.3) is 10.0 Å². The molecule has 168 valence electrons. The van der Waals surface area contributed by atoms with Crippen molar-refractivity contribution in [3.8, 4) is 0 Å². The Balaban J connectivity index is 1.59. The Morgan fingerprint density at radius 3 is 2.29 bits per heavy atom. The maximum Gasteiger partial charge on any atom is 0.263 e. The number of nitrogens with zero attached hydrogens (tertiary/aromatic N) is 1. The largest absolute Gasteiger partial charge is 0.373 e. The Morgan fingerprint density at radius 1 is 1.06 bits per heavy atom. The third-order valence-electron chi connectivity index (χ3n) is 4.75. The number of ether oxygens (including phenoxy) is 1. The zero-order valence-corrected chi connectivity index (χ0v) is 19.6. The summed E-state index contributed by atoms with van der Waals surface area (Å²) in [6.45, 7) is 6.23. The summed E-state index contributed by atoms with van der Waals surface area (Å²) in [6, 6.07) is 10.6. The van der Waals surface area contributed by atoms with Crippen molar-refractivity contribution in [3.05, 3.63) is 52.5 Å². The van der Waals surface area contributed by atoms with Crippen LogP contribution in [0.1, 0.15) is 20.3 Å². The molecule has 0 bridgehead atoms. The van der Waals surface area contributed by atoms with Crippen LogP contribution in [0.2, 0.25) is 10.0 Å². The molecule has 2 N–H and O–H groups in total. The van der Waals surface area contributed by atoms with E-state index in [0.717, 1.165) is 13.1 Å². The summed E-state index contributed by atoms with van der Waals surface area (Å²) in [7, 11) is -3.89. The van der Waals surface area contributed by atoms with Crippen LogP contribution in [0.15, 0.2) is 47.4 Å². The molecular formula is C21H25Cl2N3O4S. The summed E-state index contributed by atoms with van der Waals surface area (Å²) < 4.78 is 33.4. The second kappa shape index (κ2) is 10.2. The molecule has 3 rings (SSSR count). The molecule has 1 aliphatic heterocycles. The number of hydrogen-bond acceptors (Lipinski definition) is 5. The molecule has 2 aromatic rings. The van der Waals surface area contributed by atoms with Crippen LogP contribution < -0.4 is 10.0 Å². The second-order valence-corrected chi connectivity index (χ2v) is 10.1. The molecule has 1 heterocycles. The summed E-state index contributed by atoms with van der Waals surface area (Å²) in [4.78, 5) is 14.4. The van der Waals surface area contributed by atoms with E-state index in [1.165, 1.54) is 18.2 Å². The fourth-order valence-electron chi connectivity index (χ4n) is 3.47. The van der Waals surface area contributed by atoms with Crippen molar-refractivity contribution in [2.24, 2.45) is 0 Å². The van der Waals surface area contributed by atoms with Gasteiger partial charge in [-0.25, -0.2) is 8.42 Å². The highest BCUT2D eigenvalue weighted by atomic mass is 35.5.